The van der Waals surface area contributed by atoms with E-state index in [0.717, 1.165) is 10.9 Å². The molecule has 0 radical (unpaired) electrons. The fourth-order valence-electron chi connectivity index (χ4n) is 1.74. The van der Waals surface area contributed by atoms with Crippen LogP contribution in [0, 0.1) is 11.3 Å². The predicted octanol–water partition coefficient (Wildman–Crippen LogP) is 2.29. The Hall–Kier alpha value is -2.12. The number of rotatable bonds is 4. The van der Waals surface area contributed by atoms with Gasteiger partial charge in [-0.1, -0.05) is 18.2 Å². The molecule has 1 heterocycles. The van der Waals surface area contributed by atoms with Gasteiger partial charge in [-0.3, -0.25) is 0 Å². The number of pyridine rings is 1. The van der Waals surface area contributed by atoms with Gasteiger partial charge < -0.3 is 10.4 Å². The fraction of sp³-hybridized carbons (Fsp3) is 0.286. The normalized spacial score (nSPS) is 12.1. The molecule has 0 amide bonds. The summed E-state index contributed by atoms with van der Waals surface area (Å²) >= 11 is 0. The van der Waals surface area contributed by atoms with Crippen molar-refractivity contribution >= 4 is 16.7 Å². The number of aromatic nitrogens is 1. The van der Waals surface area contributed by atoms with E-state index in [1.807, 2.05) is 30.3 Å². The van der Waals surface area contributed by atoms with Gasteiger partial charge >= 0.3 is 0 Å². The summed E-state index contributed by atoms with van der Waals surface area (Å²) in [4.78, 5) is 4.43. The van der Waals surface area contributed by atoms with Gasteiger partial charge in [0.15, 0.2) is 0 Å². The number of aliphatic hydroxyl groups is 1. The first kappa shape index (κ1) is 12.3. The van der Waals surface area contributed by atoms with Crippen LogP contribution in [-0.2, 0) is 0 Å². The summed E-state index contributed by atoms with van der Waals surface area (Å²) in [5.74, 6) is 0.580. The van der Waals surface area contributed by atoms with Gasteiger partial charge in [-0.2, -0.15) is 5.26 Å². The second-order valence-corrected chi connectivity index (χ2v) is 4.25. The quantitative estimate of drug-likeness (QED) is 0.861. The molecule has 0 aliphatic rings. The van der Waals surface area contributed by atoms with Crippen LogP contribution in [0.4, 0.5) is 5.82 Å². The fourth-order valence-corrected chi connectivity index (χ4v) is 1.74. The number of nitrogens with zero attached hydrogens (tertiary/aromatic N) is 2. The van der Waals surface area contributed by atoms with Crippen LogP contribution in [0.1, 0.15) is 18.9 Å². The van der Waals surface area contributed by atoms with Crippen molar-refractivity contribution in [3.05, 3.63) is 35.9 Å². The Morgan fingerprint density at radius 3 is 2.94 bits per heavy atom. The highest BCUT2D eigenvalue weighted by atomic mass is 16.3. The average Bonchev–Trinajstić information content (AvgIpc) is 2.37. The summed E-state index contributed by atoms with van der Waals surface area (Å²) in [7, 11) is 0. The maximum absolute atomic E-state index is 9.20. The van der Waals surface area contributed by atoms with Crippen molar-refractivity contribution < 1.29 is 5.11 Å². The van der Waals surface area contributed by atoms with Gasteiger partial charge in [0.2, 0.25) is 0 Å². The molecule has 0 aliphatic carbocycles. The third-order valence-electron chi connectivity index (χ3n) is 2.70. The molecule has 2 rings (SSSR count). The van der Waals surface area contributed by atoms with Gasteiger partial charge in [0.1, 0.15) is 11.9 Å². The number of nitriles is 1. The Balaban J connectivity index is 2.28. The lowest BCUT2D eigenvalue weighted by atomic mass is 10.1. The van der Waals surface area contributed by atoms with Crippen molar-refractivity contribution in [3.8, 4) is 6.07 Å². The summed E-state index contributed by atoms with van der Waals surface area (Å²) in [6.45, 7) is 2.33. The Labute approximate surface area is 106 Å². The third-order valence-corrected chi connectivity index (χ3v) is 2.70. The highest BCUT2D eigenvalue weighted by Crippen LogP contribution is 2.19. The summed E-state index contributed by atoms with van der Waals surface area (Å²) in [6, 6.07) is 11.7. The summed E-state index contributed by atoms with van der Waals surface area (Å²) in [5, 5.41) is 22.4. The number of nitrogens with one attached hydrogen (secondary N) is 1. The van der Waals surface area contributed by atoms with Crippen LogP contribution >= 0.6 is 0 Å². The van der Waals surface area contributed by atoms with Gasteiger partial charge in [0.25, 0.3) is 0 Å². The summed E-state index contributed by atoms with van der Waals surface area (Å²) in [5.41, 5.74) is 1.38. The third kappa shape index (κ3) is 2.76. The van der Waals surface area contributed by atoms with E-state index in [2.05, 4.69) is 16.4 Å². The highest BCUT2D eigenvalue weighted by molar-refractivity contribution is 5.82. The lowest BCUT2D eigenvalue weighted by molar-refractivity contribution is 0.188. The van der Waals surface area contributed by atoms with Gasteiger partial charge in [0.05, 0.1) is 17.2 Å². The molecule has 0 aliphatic heterocycles. The van der Waals surface area contributed by atoms with Crippen LogP contribution in [0.25, 0.3) is 10.9 Å². The van der Waals surface area contributed by atoms with Crippen LogP contribution in [0.3, 0.4) is 0 Å². The van der Waals surface area contributed by atoms with E-state index in [0.29, 0.717) is 24.3 Å². The maximum Gasteiger partial charge on any atom is 0.144 e. The second-order valence-electron chi connectivity index (χ2n) is 4.25. The molecule has 0 saturated heterocycles. The van der Waals surface area contributed by atoms with E-state index in [1.54, 1.807) is 6.92 Å². The molecular formula is C14H15N3O. The number of hydrogen-bond donors (Lipinski definition) is 2. The molecule has 1 unspecified atom stereocenters. The number of para-hydroxylation sites is 1. The van der Waals surface area contributed by atoms with E-state index in [4.69, 9.17) is 5.26 Å². The topological polar surface area (TPSA) is 68.9 Å². The smallest absolute Gasteiger partial charge is 0.144 e. The van der Waals surface area contributed by atoms with Gasteiger partial charge in [0, 0.05) is 11.9 Å². The Morgan fingerprint density at radius 1 is 1.44 bits per heavy atom. The van der Waals surface area contributed by atoms with Crippen molar-refractivity contribution in [1.29, 1.82) is 5.26 Å². The first-order valence-electron chi connectivity index (χ1n) is 5.92. The molecule has 92 valence electrons. The number of anilines is 1. The molecule has 1 atom stereocenters. The van der Waals surface area contributed by atoms with Crippen LogP contribution in [0.2, 0.25) is 0 Å². The maximum atomic E-state index is 9.20. The number of aliphatic hydroxyl groups excluding tert-OH is 1. The standard InChI is InChI=1S/C14H15N3O/c1-10(18)6-7-16-14-12(9-15)8-11-4-2-3-5-13(11)17-14/h2-5,8,10,18H,6-7H2,1H3,(H,16,17). The van der Waals surface area contributed by atoms with Gasteiger partial charge in [-0.25, -0.2) is 4.98 Å². The molecular weight excluding hydrogens is 226 g/mol. The molecule has 4 heteroatoms. The van der Waals surface area contributed by atoms with Crippen molar-refractivity contribution in [2.75, 3.05) is 11.9 Å². The molecule has 0 spiro atoms. The largest absolute Gasteiger partial charge is 0.393 e. The molecule has 1 aromatic heterocycles. The molecule has 0 saturated carbocycles. The Morgan fingerprint density at radius 2 is 2.22 bits per heavy atom. The van der Waals surface area contributed by atoms with Crippen LogP contribution in [-0.4, -0.2) is 22.7 Å². The molecule has 0 bridgehead atoms. The number of fused-ring (bicyclic) bond motifs is 1. The zero-order chi connectivity index (χ0) is 13.0. The van der Waals surface area contributed by atoms with E-state index in [9.17, 15) is 5.11 Å². The summed E-state index contributed by atoms with van der Waals surface area (Å²) < 4.78 is 0. The first-order chi connectivity index (χ1) is 8.70. The van der Waals surface area contributed by atoms with Crippen molar-refractivity contribution in [2.45, 2.75) is 19.4 Å². The number of hydrogen-bond acceptors (Lipinski definition) is 4. The average molecular weight is 241 g/mol. The molecule has 2 N–H and O–H groups in total. The highest BCUT2D eigenvalue weighted by Gasteiger charge is 2.06. The van der Waals surface area contributed by atoms with Crippen molar-refractivity contribution in [1.82, 2.24) is 4.98 Å². The van der Waals surface area contributed by atoms with Crippen LogP contribution in [0.5, 0.6) is 0 Å². The van der Waals surface area contributed by atoms with Gasteiger partial charge in [-0.05, 0) is 25.5 Å². The lowest BCUT2D eigenvalue weighted by Gasteiger charge is -2.09. The predicted molar refractivity (Wildman–Crippen MR) is 71.2 cm³/mol. The summed E-state index contributed by atoms with van der Waals surface area (Å²) in [6.07, 6.45) is 0.267. The minimum atomic E-state index is -0.358. The molecule has 1 aromatic carbocycles. The Kier molecular flexibility index (Phi) is 3.75. The van der Waals surface area contributed by atoms with Crippen LogP contribution in [0.15, 0.2) is 30.3 Å². The first-order valence-corrected chi connectivity index (χ1v) is 5.92. The minimum Gasteiger partial charge on any atom is -0.393 e. The van der Waals surface area contributed by atoms with E-state index in [1.165, 1.54) is 0 Å². The zero-order valence-corrected chi connectivity index (χ0v) is 10.2. The van der Waals surface area contributed by atoms with E-state index >= 15 is 0 Å². The SMILES string of the molecule is CC(O)CCNc1nc2ccccc2cc1C#N. The van der Waals surface area contributed by atoms with Crippen molar-refractivity contribution in [2.24, 2.45) is 0 Å². The number of benzene rings is 1. The minimum absolute atomic E-state index is 0.358. The van der Waals surface area contributed by atoms with E-state index < -0.39 is 0 Å². The molecule has 2 aromatic rings. The van der Waals surface area contributed by atoms with Crippen LogP contribution < -0.4 is 5.32 Å². The Bertz CT molecular complexity index is 587. The van der Waals surface area contributed by atoms with Crippen molar-refractivity contribution in [3.63, 3.8) is 0 Å². The molecule has 0 fully saturated rings. The van der Waals surface area contributed by atoms with Gasteiger partial charge in [-0.15, -0.1) is 0 Å². The zero-order valence-electron chi connectivity index (χ0n) is 10.2. The molecule has 18 heavy (non-hydrogen) atoms. The van der Waals surface area contributed by atoms with E-state index in [-0.39, 0.29) is 6.10 Å². The second kappa shape index (κ2) is 5.48. The molecule has 4 nitrogen and oxygen atoms in total. The monoisotopic (exact) mass is 241 g/mol. The lowest BCUT2D eigenvalue weighted by Crippen LogP contribution is -2.11.